The van der Waals surface area contributed by atoms with Gasteiger partial charge in [0.1, 0.15) is 11.5 Å². The maximum atomic E-state index is 13.1. The third-order valence-corrected chi connectivity index (χ3v) is 5.97. The maximum absolute atomic E-state index is 13.1. The van der Waals surface area contributed by atoms with Crippen molar-refractivity contribution in [3.05, 3.63) is 53.3 Å². The highest BCUT2D eigenvalue weighted by Gasteiger charge is 2.22. The first-order valence-electron chi connectivity index (χ1n) is 9.12. The van der Waals surface area contributed by atoms with E-state index in [9.17, 15) is 14.0 Å². The van der Waals surface area contributed by atoms with Crippen LogP contribution >= 0.6 is 11.3 Å². The van der Waals surface area contributed by atoms with Crippen molar-refractivity contribution in [3.8, 4) is 0 Å². The molecule has 0 atom stereocenters. The lowest BCUT2D eigenvalue weighted by Crippen LogP contribution is -2.51. The van der Waals surface area contributed by atoms with Crippen molar-refractivity contribution < 1.29 is 14.0 Å². The lowest BCUT2D eigenvalue weighted by Gasteiger charge is -2.36. The number of aryl methyl sites for hydroxylation is 1. The Kier molecular flexibility index (Phi) is 5.04. The molecule has 1 saturated heterocycles. The summed E-state index contributed by atoms with van der Waals surface area (Å²) in [5, 5.41) is 4.72. The highest BCUT2D eigenvalue weighted by Crippen LogP contribution is 2.24. The summed E-state index contributed by atoms with van der Waals surface area (Å²) in [7, 11) is 1.85. The molecule has 4 rings (SSSR count). The van der Waals surface area contributed by atoms with Crippen LogP contribution < -0.4 is 10.2 Å². The molecule has 1 aliphatic heterocycles. The van der Waals surface area contributed by atoms with Crippen LogP contribution in [0.15, 0.2) is 41.8 Å². The number of thiophene rings is 1. The highest BCUT2D eigenvalue weighted by molar-refractivity contribution is 7.17. The van der Waals surface area contributed by atoms with Crippen LogP contribution in [0.25, 0.3) is 10.2 Å². The van der Waals surface area contributed by atoms with Crippen LogP contribution in [0.1, 0.15) is 10.5 Å². The number of carbonyl (C=O) groups is 2. The van der Waals surface area contributed by atoms with Crippen molar-refractivity contribution in [1.29, 1.82) is 0 Å². The van der Waals surface area contributed by atoms with E-state index in [1.54, 1.807) is 28.4 Å². The Hall–Kier alpha value is -2.87. The Morgan fingerprint density at radius 3 is 2.50 bits per heavy atom. The first-order valence-corrected chi connectivity index (χ1v) is 10.0. The van der Waals surface area contributed by atoms with Gasteiger partial charge in [-0.15, -0.1) is 11.3 Å². The molecule has 0 aliphatic carbocycles. The van der Waals surface area contributed by atoms with Crippen LogP contribution in [0.2, 0.25) is 0 Å². The van der Waals surface area contributed by atoms with Gasteiger partial charge in [0.05, 0.1) is 16.8 Å². The molecule has 0 radical (unpaired) electrons. The quantitative estimate of drug-likeness (QED) is 0.732. The molecule has 8 heteroatoms. The molecule has 2 aromatic heterocycles. The predicted octanol–water partition coefficient (Wildman–Crippen LogP) is 2.46. The molecular weight excluding hydrogens is 379 g/mol. The molecule has 6 nitrogen and oxygen atoms in total. The van der Waals surface area contributed by atoms with Crippen molar-refractivity contribution in [1.82, 2.24) is 14.8 Å². The average Bonchev–Trinajstić information content (AvgIpc) is 3.30. The van der Waals surface area contributed by atoms with Crippen LogP contribution in [0.4, 0.5) is 10.1 Å². The minimum atomic E-state index is -0.258. The van der Waals surface area contributed by atoms with Crippen molar-refractivity contribution in [2.45, 2.75) is 0 Å². The molecule has 1 fully saturated rings. The highest BCUT2D eigenvalue weighted by atomic mass is 32.1. The number of halogens is 1. The number of benzene rings is 1. The van der Waals surface area contributed by atoms with Crippen molar-refractivity contribution in [2.75, 3.05) is 37.6 Å². The largest absolute Gasteiger partial charge is 0.368 e. The summed E-state index contributed by atoms with van der Waals surface area (Å²) in [4.78, 5) is 28.8. The molecule has 3 heterocycles. The van der Waals surface area contributed by atoms with Crippen molar-refractivity contribution >= 4 is 39.1 Å². The van der Waals surface area contributed by atoms with Crippen LogP contribution in [0.5, 0.6) is 0 Å². The number of amides is 2. The lowest BCUT2D eigenvalue weighted by atomic mass is 10.2. The predicted molar refractivity (Wildman–Crippen MR) is 108 cm³/mol. The number of nitrogens with zero attached hydrogens (tertiary/aromatic N) is 3. The molecule has 146 valence electrons. The van der Waals surface area contributed by atoms with Crippen LogP contribution in [-0.4, -0.2) is 54.0 Å². The van der Waals surface area contributed by atoms with Gasteiger partial charge >= 0.3 is 0 Å². The number of carbonyl (C=O) groups excluding carboxylic acids is 2. The lowest BCUT2D eigenvalue weighted by molar-refractivity contribution is -0.130. The Morgan fingerprint density at radius 1 is 1.11 bits per heavy atom. The number of anilines is 1. The first-order chi connectivity index (χ1) is 13.5. The van der Waals surface area contributed by atoms with Gasteiger partial charge in [-0.05, 0) is 41.8 Å². The van der Waals surface area contributed by atoms with Gasteiger partial charge in [0.2, 0.25) is 5.91 Å². The Labute approximate surface area is 166 Å². The van der Waals surface area contributed by atoms with E-state index in [2.05, 4.69) is 10.2 Å². The molecule has 2 amide bonds. The molecular formula is C20H21FN4O2S. The monoisotopic (exact) mass is 400 g/mol. The zero-order valence-corrected chi connectivity index (χ0v) is 16.3. The van der Waals surface area contributed by atoms with E-state index in [-0.39, 0.29) is 24.2 Å². The standard InChI is InChI=1S/C20H21FN4O2S/c1-23-16-6-11-28-18(16)12-17(23)20(27)22-13-19(26)25-9-7-24(8-10-25)15-4-2-14(21)3-5-15/h2-6,11-12H,7-10,13H2,1H3,(H,22,27). The fourth-order valence-electron chi connectivity index (χ4n) is 3.49. The fraction of sp³-hybridized carbons (Fsp3) is 0.300. The molecule has 0 unspecified atom stereocenters. The Morgan fingerprint density at radius 2 is 1.82 bits per heavy atom. The van der Waals surface area contributed by atoms with E-state index in [1.807, 2.05) is 29.1 Å². The smallest absolute Gasteiger partial charge is 0.268 e. The van der Waals surface area contributed by atoms with Gasteiger partial charge in [-0.3, -0.25) is 9.59 Å². The van der Waals surface area contributed by atoms with E-state index in [4.69, 9.17) is 0 Å². The van der Waals surface area contributed by atoms with Gasteiger partial charge < -0.3 is 19.7 Å². The summed E-state index contributed by atoms with van der Waals surface area (Å²) >= 11 is 1.58. The number of rotatable bonds is 4. The number of hydrogen-bond donors (Lipinski definition) is 1. The second-order valence-electron chi connectivity index (χ2n) is 6.79. The number of piperazine rings is 1. The second-order valence-corrected chi connectivity index (χ2v) is 7.73. The van der Waals surface area contributed by atoms with Gasteiger partial charge in [0.15, 0.2) is 0 Å². The summed E-state index contributed by atoms with van der Waals surface area (Å²) in [6.07, 6.45) is 0. The van der Waals surface area contributed by atoms with Gasteiger partial charge in [-0.25, -0.2) is 4.39 Å². The zero-order chi connectivity index (χ0) is 19.7. The zero-order valence-electron chi connectivity index (χ0n) is 15.5. The number of aromatic nitrogens is 1. The summed E-state index contributed by atoms with van der Waals surface area (Å²) in [5.41, 5.74) is 2.51. The van der Waals surface area contributed by atoms with E-state index in [1.165, 1.54) is 12.1 Å². The van der Waals surface area contributed by atoms with Gasteiger partial charge in [0, 0.05) is 38.9 Å². The molecule has 0 bridgehead atoms. The van der Waals surface area contributed by atoms with Gasteiger partial charge in [-0.2, -0.15) is 0 Å². The van der Waals surface area contributed by atoms with E-state index in [0.717, 1.165) is 15.9 Å². The van der Waals surface area contributed by atoms with Crippen molar-refractivity contribution in [3.63, 3.8) is 0 Å². The maximum Gasteiger partial charge on any atom is 0.268 e. The molecule has 1 aromatic carbocycles. The SMILES string of the molecule is Cn1c(C(=O)NCC(=O)N2CCN(c3ccc(F)cc3)CC2)cc2sccc21. The van der Waals surface area contributed by atoms with E-state index in [0.29, 0.717) is 31.9 Å². The first kappa shape index (κ1) is 18.5. The molecule has 3 aromatic rings. The van der Waals surface area contributed by atoms with E-state index >= 15 is 0 Å². The summed E-state index contributed by atoms with van der Waals surface area (Å²) < 4.78 is 15.9. The van der Waals surface area contributed by atoms with Crippen molar-refractivity contribution in [2.24, 2.45) is 7.05 Å². The number of fused-ring (bicyclic) bond motifs is 1. The third-order valence-electron chi connectivity index (χ3n) is 5.12. The van der Waals surface area contributed by atoms with Crippen LogP contribution in [0.3, 0.4) is 0 Å². The fourth-order valence-corrected chi connectivity index (χ4v) is 4.34. The van der Waals surface area contributed by atoms with Gasteiger partial charge in [-0.1, -0.05) is 0 Å². The second kappa shape index (κ2) is 7.63. The Balaban J connectivity index is 1.29. The normalized spacial score (nSPS) is 14.5. The molecule has 28 heavy (non-hydrogen) atoms. The number of nitrogens with one attached hydrogen (secondary N) is 1. The van der Waals surface area contributed by atoms with E-state index < -0.39 is 0 Å². The van der Waals surface area contributed by atoms with Gasteiger partial charge in [0.25, 0.3) is 5.91 Å². The minimum absolute atomic E-state index is 0.0196. The molecule has 0 spiro atoms. The summed E-state index contributed by atoms with van der Waals surface area (Å²) in [6.45, 7) is 2.49. The number of hydrogen-bond acceptors (Lipinski definition) is 4. The minimum Gasteiger partial charge on any atom is -0.368 e. The van der Waals surface area contributed by atoms with Crippen LogP contribution in [0, 0.1) is 5.82 Å². The average molecular weight is 400 g/mol. The molecule has 0 saturated carbocycles. The Bertz CT molecular complexity index is 1000. The third kappa shape index (κ3) is 3.60. The van der Waals surface area contributed by atoms with Crippen LogP contribution in [-0.2, 0) is 11.8 Å². The topological polar surface area (TPSA) is 57.6 Å². The summed E-state index contributed by atoms with van der Waals surface area (Å²) in [6, 6.07) is 10.2. The molecule has 1 N–H and O–H groups in total. The molecule has 1 aliphatic rings. The summed E-state index contributed by atoms with van der Waals surface area (Å²) in [5.74, 6) is -0.598.